The minimum absolute atomic E-state index is 0.0295. The molecule has 0 saturated heterocycles. The minimum atomic E-state index is -0.115. The Kier molecular flexibility index (Phi) is 4.31. The third-order valence-electron chi connectivity index (χ3n) is 3.63. The number of pyridine rings is 1. The van der Waals surface area contributed by atoms with Crippen molar-refractivity contribution in [2.75, 3.05) is 7.11 Å². The third kappa shape index (κ3) is 2.70. The predicted molar refractivity (Wildman–Crippen MR) is 69.7 cm³/mol. The zero-order valence-electron chi connectivity index (χ0n) is 10.8. The molecular weight excluding hydrogens is 228 g/mol. The van der Waals surface area contributed by atoms with Crippen LogP contribution in [0.1, 0.15) is 42.6 Å². The fraction of sp³-hybridized carbons (Fsp3) is 0.571. The third-order valence-corrected chi connectivity index (χ3v) is 3.63. The van der Waals surface area contributed by atoms with Crippen LogP contribution in [0.15, 0.2) is 18.3 Å². The summed E-state index contributed by atoms with van der Waals surface area (Å²) >= 11 is 0. The Morgan fingerprint density at radius 2 is 2.17 bits per heavy atom. The highest BCUT2D eigenvalue weighted by Gasteiger charge is 2.30. The van der Waals surface area contributed by atoms with E-state index in [1.165, 1.54) is 0 Å². The molecule has 18 heavy (non-hydrogen) atoms. The summed E-state index contributed by atoms with van der Waals surface area (Å²) in [6.45, 7) is 0. The van der Waals surface area contributed by atoms with Crippen LogP contribution in [0.4, 0.5) is 0 Å². The summed E-state index contributed by atoms with van der Waals surface area (Å²) in [5.41, 5.74) is 6.54. The van der Waals surface area contributed by atoms with Gasteiger partial charge in [-0.25, -0.2) is 4.98 Å². The first-order valence-corrected chi connectivity index (χ1v) is 6.53. The van der Waals surface area contributed by atoms with E-state index in [0.29, 0.717) is 11.4 Å². The van der Waals surface area contributed by atoms with Gasteiger partial charge >= 0.3 is 0 Å². The number of carbonyl (C=O) groups excluding carboxylic acids is 1. The fourth-order valence-electron chi connectivity index (χ4n) is 2.58. The highest BCUT2D eigenvalue weighted by molar-refractivity contribution is 5.98. The number of ketones is 1. The number of methoxy groups -OCH3 is 1. The average Bonchev–Trinajstić information content (AvgIpc) is 2.62. The SMILES string of the molecule is COc1cccnc1C(=O)C1CCCCCC1N. The molecule has 2 unspecified atom stereocenters. The molecule has 0 bridgehead atoms. The lowest BCUT2D eigenvalue weighted by Gasteiger charge is -2.20. The van der Waals surface area contributed by atoms with E-state index < -0.39 is 0 Å². The van der Waals surface area contributed by atoms with Crippen molar-refractivity contribution in [3.05, 3.63) is 24.0 Å². The first kappa shape index (κ1) is 13.0. The summed E-state index contributed by atoms with van der Waals surface area (Å²) in [6, 6.07) is 3.48. The van der Waals surface area contributed by atoms with Crippen molar-refractivity contribution in [3.8, 4) is 5.75 Å². The van der Waals surface area contributed by atoms with Crippen molar-refractivity contribution < 1.29 is 9.53 Å². The fourth-order valence-corrected chi connectivity index (χ4v) is 2.58. The van der Waals surface area contributed by atoms with Crippen molar-refractivity contribution in [1.29, 1.82) is 0 Å². The van der Waals surface area contributed by atoms with Crippen molar-refractivity contribution in [3.63, 3.8) is 0 Å². The van der Waals surface area contributed by atoms with E-state index in [9.17, 15) is 4.79 Å². The molecular formula is C14H20N2O2. The Morgan fingerprint density at radius 3 is 2.94 bits per heavy atom. The highest BCUT2D eigenvalue weighted by Crippen LogP contribution is 2.27. The molecule has 0 spiro atoms. The molecule has 0 amide bonds. The minimum Gasteiger partial charge on any atom is -0.494 e. The van der Waals surface area contributed by atoms with Gasteiger partial charge in [-0.05, 0) is 25.0 Å². The Morgan fingerprint density at radius 1 is 1.39 bits per heavy atom. The van der Waals surface area contributed by atoms with Crippen LogP contribution in [0.2, 0.25) is 0 Å². The summed E-state index contributed by atoms with van der Waals surface area (Å²) in [4.78, 5) is 16.7. The molecule has 2 atom stereocenters. The van der Waals surface area contributed by atoms with Crippen molar-refractivity contribution in [2.24, 2.45) is 11.7 Å². The van der Waals surface area contributed by atoms with Gasteiger partial charge < -0.3 is 10.5 Å². The van der Waals surface area contributed by atoms with Crippen LogP contribution in [0.25, 0.3) is 0 Å². The normalized spacial score (nSPS) is 24.3. The van der Waals surface area contributed by atoms with E-state index in [-0.39, 0.29) is 17.7 Å². The van der Waals surface area contributed by atoms with E-state index in [4.69, 9.17) is 10.5 Å². The summed E-state index contributed by atoms with van der Waals surface area (Å²) < 4.78 is 5.20. The number of Topliss-reactive ketones (excluding diaryl/α,β-unsaturated/α-hetero) is 1. The van der Waals surface area contributed by atoms with Crippen LogP contribution in [0.3, 0.4) is 0 Å². The second-order valence-corrected chi connectivity index (χ2v) is 4.83. The molecule has 4 heteroatoms. The van der Waals surface area contributed by atoms with Crippen molar-refractivity contribution >= 4 is 5.78 Å². The van der Waals surface area contributed by atoms with Gasteiger partial charge in [0, 0.05) is 18.2 Å². The number of rotatable bonds is 3. The Bertz CT molecular complexity index is 420. The number of nitrogens with two attached hydrogens (primary N) is 1. The molecule has 98 valence electrons. The number of aromatic nitrogens is 1. The maximum atomic E-state index is 12.5. The Balaban J connectivity index is 2.23. The molecule has 4 nitrogen and oxygen atoms in total. The van der Waals surface area contributed by atoms with Gasteiger partial charge in [0.1, 0.15) is 11.4 Å². The van der Waals surface area contributed by atoms with Crippen LogP contribution in [-0.4, -0.2) is 23.9 Å². The smallest absolute Gasteiger partial charge is 0.189 e. The number of hydrogen-bond acceptors (Lipinski definition) is 4. The van der Waals surface area contributed by atoms with Gasteiger partial charge in [0.2, 0.25) is 0 Å². The first-order valence-electron chi connectivity index (χ1n) is 6.53. The van der Waals surface area contributed by atoms with E-state index in [1.54, 1.807) is 25.4 Å². The van der Waals surface area contributed by atoms with Gasteiger partial charge in [0.15, 0.2) is 5.78 Å². The summed E-state index contributed by atoms with van der Waals surface area (Å²) in [6.07, 6.45) is 6.75. The van der Waals surface area contributed by atoms with Crippen LogP contribution < -0.4 is 10.5 Å². The molecule has 0 aliphatic heterocycles. The zero-order chi connectivity index (χ0) is 13.0. The quantitative estimate of drug-likeness (QED) is 0.657. The molecule has 1 aromatic heterocycles. The number of nitrogens with zero attached hydrogens (tertiary/aromatic N) is 1. The summed E-state index contributed by atoms with van der Waals surface area (Å²) in [5.74, 6) is 0.456. The van der Waals surface area contributed by atoms with Gasteiger partial charge in [0.05, 0.1) is 7.11 Å². The Hall–Kier alpha value is -1.42. The van der Waals surface area contributed by atoms with Gasteiger partial charge in [-0.15, -0.1) is 0 Å². The lowest BCUT2D eigenvalue weighted by molar-refractivity contribution is 0.0886. The first-order chi connectivity index (χ1) is 8.74. The van der Waals surface area contributed by atoms with E-state index in [0.717, 1.165) is 32.1 Å². The zero-order valence-corrected chi connectivity index (χ0v) is 10.8. The van der Waals surface area contributed by atoms with Crippen molar-refractivity contribution in [1.82, 2.24) is 4.98 Å². The van der Waals surface area contributed by atoms with Gasteiger partial charge in [-0.2, -0.15) is 0 Å². The number of ether oxygens (including phenoxy) is 1. The molecule has 1 heterocycles. The van der Waals surface area contributed by atoms with Crippen LogP contribution in [0.5, 0.6) is 5.75 Å². The molecule has 0 aromatic carbocycles. The standard InChI is InChI=1S/C14H20N2O2/c1-18-12-8-5-9-16-13(12)14(17)10-6-3-2-4-7-11(10)15/h5,8-11H,2-4,6-7,15H2,1H3. The van der Waals surface area contributed by atoms with Crippen molar-refractivity contribution in [2.45, 2.75) is 38.1 Å². The van der Waals surface area contributed by atoms with E-state index in [1.807, 2.05) is 0 Å². The molecule has 1 aliphatic rings. The molecule has 1 aromatic rings. The molecule has 0 radical (unpaired) electrons. The largest absolute Gasteiger partial charge is 0.494 e. The lowest BCUT2D eigenvalue weighted by atomic mass is 9.89. The topological polar surface area (TPSA) is 65.2 Å². The molecule has 1 saturated carbocycles. The Labute approximate surface area is 108 Å². The molecule has 1 fully saturated rings. The summed E-state index contributed by atoms with van der Waals surface area (Å²) in [7, 11) is 1.56. The predicted octanol–water partition coefficient (Wildman–Crippen LogP) is 2.18. The second-order valence-electron chi connectivity index (χ2n) is 4.83. The lowest BCUT2D eigenvalue weighted by Crippen LogP contribution is -2.35. The average molecular weight is 248 g/mol. The van der Waals surface area contributed by atoms with E-state index >= 15 is 0 Å². The molecule has 2 rings (SSSR count). The summed E-state index contributed by atoms with van der Waals surface area (Å²) in [5, 5.41) is 0. The maximum Gasteiger partial charge on any atom is 0.189 e. The molecule has 1 aliphatic carbocycles. The number of carbonyl (C=O) groups is 1. The van der Waals surface area contributed by atoms with E-state index in [2.05, 4.69) is 4.98 Å². The second kappa shape index (κ2) is 5.96. The van der Waals surface area contributed by atoms with Gasteiger partial charge in [-0.3, -0.25) is 4.79 Å². The number of hydrogen-bond donors (Lipinski definition) is 1. The van der Waals surface area contributed by atoms with Gasteiger partial charge in [0.25, 0.3) is 0 Å². The van der Waals surface area contributed by atoms with Crippen LogP contribution in [-0.2, 0) is 0 Å². The maximum absolute atomic E-state index is 12.5. The van der Waals surface area contributed by atoms with Crippen LogP contribution in [0, 0.1) is 5.92 Å². The monoisotopic (exact) mass is 248 g/mol. The highest BCUT2D eigenvalue weighted by atomic mass is 16.5. The molecule has 2 N–H and O–H groups in total. The van der Waals surface area contributed by atoms with Crippen LogP contribution >= 0.6 is 0 Å². The van der Waals surface area contributed by atoms with Gasteiger partial charge in [-0.1, -0.05) is 19.3 Å².